The summed E-state index contributed by atoms with van der Waals surface area (Å²) < 4.78 is 0. The molecule has 0 fully saturated rings. The van der Waals surface area contributed by atoms with Gasteiger partial charge in [0.15, 0.2) is 0 Å². The van der Waals surface area contributed by atoms with Crippen LogP contribution in [0.2, 0.25) is 0 Å². The van der Waals surface area contributed by atoms with Crippen molar-refractivity contribution in [2.75, 3.05) is 7.05 Å². The van der Waals surface area contributed by atoms with Gasteiger partial charge in [-0.05, 0) is 0 Å². The summed E-state index contributed by atoms with van der Waals surface area (Å²) in [5.74, 6) is -0.845. The van der Waals surface area contributed by atoms with E-state index in [4.69, 9.17) is 5.11 Å². The van der Waals surface area contributed by atoms with Crippen LogP contribution in [0.25, 0.3) is 0 Å². The monoisotopic (exact) mass is 99.0 g/mol. The largest absolute Gasteiger partial charge is 0.477 e. The van der Waals surface area contributed by atoms with Crippen LogP contribution in [0.1, 0.15) is 0 Å². The molecule has 0 aromatic heterocycles. The molecule has 1 aliphatic heterocycles. The molecule has 1 aliphatic rings. The van der Waals surface area contributed by atoms with Crippen molar-refractivity contribution in [3.05, 3.63) is 11.9 Å². The van der Waals surface area contributed by atoms with Gasteiger partial charge in [-0.3, -0.25) is 0 Å². The Bertz CT molecular complexity index is 139. The van der Waals surface area contributed by atoms with E-state index in [1.165, 1.54) is 0 Å². The van der Waals surface area contributed by atoms with Crippen LogP contribution in [-0.4, -0.2) is 23.0 Å². The van der Waals surface area contributed by atoms with Crippen molar-refractivity contribution in [2.45, 2.75) is 0 Å². The van der Waals surface area contributed by atoms with Gasteiger partial charge in [-0.15, -0.1) is 0 Å². The van der Waals surface area contributed by atoms with Crippen LogP contribution in [-0.2, 0) is 4.79 Å². The van der Waals surface area contributed by atoms with Crippen molar-refractivity contribution < 1.29 is 9.90 Å². The minimum absolute atomic E-state index is 0.389. The Hall–Kier alpha value is -0.990. The minimum Gasteiger partial charge on any atom is -0.477 e. The number of hydrogen-bond acceptors (Lipinski definition) is 2. The maximum atomic E-state index is 9.86. The van der Waals surface area contributed by atoms with Crippen molar-refractivity contribution in [3.8, 4) is 0 Å². The van der Waals surface area contributed by atoms with Crippen molar-refractivity contribution in [1.82, 2.24) is 4.90 Å². The van der Waals surface area contributed by atoms with Crippen LogP contribution in [0.4, 0.5) is 0 Å². The average molecular weight is 99.1 g/mol. The Morgan fingerprint density at radius 1 is 2.00 bits per heavy atom. The smallest absolute Gasteiger partial charge is 0.354 e. The number of carboxylic acid groups (broad SMARTS) is 1. The zero-order valence-corrected chi connectivity index (χ0v) is 3.88. The summed E-state index contributed by atoms with van der Waals surface area (Å²) in [5.41, 5.74) is 0.389. The van der Waals surface area contributed by atoms with Gasteiger partial charge < -0.3 is 10.0 Å². The molecule has 0 aromatic carbocycles. The van der Waals surface area contributed by atoms with E-state index >= 15 is 0 Å². The standard InChI is InChI=1S/C4H5NO2/c1-5-2-3(5)4(6)7/h2H,1H3,(H,6,7). The number of hydrogen-bond donors (Lipinski definition) is 1. The number of likely N-dealkylation sites (N-methyl/N-ethyl adjacent to an activating group) is 1. The fourth-order valence-electron chi connectivity index (χ4n) is 0.361. The predicted octanol–water partition coefficient (Wildman–Crippen LogP) is -0.142. The summed E-state index contributed by atoms with van der Waals surface area (Å²) in [6.45, 7) is 0. The van der Waals surface area contributed by atoms with E-state index in [0.29, 0.717) is 5.70 Å². The van der Waals surface area contributed by atoms with Crippen LogP contribution in [0, 0.1) is 0 Å². The molecule has 3 heteroatoms. The Kier molecular flexibility index (Phi) is 0.592. The maximum Gasteiger partial charge on any atom is 0.354 e. The van der Waals surface area contributed by atoms with Crippen molar-refractivity contribution in [3.63, 3.8) is 0 Å². The van der Waals surface area contributed by atoms with Crippen molar-refractivity contribution in [2.24, 2.45) is 0 Å². The highest BCUT2D eigenvalue weighted by Gasteiger charge is 2.22. The molecule has 0 amide bonds. The van der Waals surface area contributed by atoms with Gasteiger partial charge in [0.25, 0.3) is 0 Å². The van der Waals surface area contributed by atoms with E-state index < -0.39 is 5.97 Å². The SMILES string of the molecule is CN1C=C1C(=O)O. The molecule has 0 spiro atoms. The van der Waals surface area contributed by atoms with E-state index in [9.17, 15) is 4.79 Å². The summed E-state index contributed by atoms with van der Waals surface area (Å²) in [5, 5.41) is 8.11. The van der Waals surface area contributed by atoms with Gasteiger partial charge in [-0.2, -0.15) is 0 Å². The third-order valence-corrected chi connectivity index (χ3v) is 0.847. The highest BCUT2D eigenvalue weighted by atomic mass is 16.4. The van der Waals surface area contributed by atoms with Gasteiger partial charge >= 0.3 is 5.97 Å². The Balaban J connectivity index is 2.48. The highest BCUT2D eigenvalue weighted by Crippen LogP contribution is 2.15. The van der Waals surface area contributed by atoms with Crippen LogP contribution in [0.15, 0.2) is 11.9 Å². The zero-order valence-electron chi connectivity index (χ0n) is 3.88. The molecule has 0 radical (unpaired) electrons. The molecule has 0 aliphatic carbocycles. The highest BCUT2D eigenvalue weighted by molar-refractivity contribution is 5.89. The summed E-state index contributed by atoms with van der Waals surface area (Å²) >= 11 is 0. The number of aliphatic carboxylic acids is 1. The lowest BCUT2D eigenvalue weighted by Crippen LogP contribution is -1.98. The lowest BCUT2D eigenvalue weighted by Gasteiger charge is -1.85. The van der Waals surface area contributed by atoms with Gasteiger partial charge in [0.2, 0.25) is 0 Å². The molecule has 1 N–H and O–H groups in total. The second-order valence-corrected chi connectivity index (χ2v) is 1.43. The van der Waals surface area contributed by atoms with Crippen molar-refractivity contribution >= 4 is 5.97 Å². The van der Waals surface area contributed by atoms with Gasteiger partial charge in [0.1, 0.15) is 5.70 Å². The molecule has 38 valence electrons. The van der Waals surface area contributed by atoms with E-state index in [2.05, 4.69) is 0 Å². The first-order valence-electron chi connectivity index (χ1n) is 1.90. The first kappa shape index (κ1) is 4.18. The Morgan fingerprint density at radius 3 is 2.43 bits per heavy atom. The van der Waals surface area contributed by atoms with Gasteiger partial charge in [-0.1, -0.05) is 0 Å². The summed E-state index contributed by atoms with van der Waals surface area (Å²) in [7, 11) is 1.70. The summed E-state index contributed by atoms with van der Waals surface area (Å²) in [6.07, 6.45) is 1.56. The number of nitrogens with zero attached hydrogens (tertiary/aromatic N) is 1. The topological polar surface area (TPSA) is 40.3 Å². The van der Waals surface area contributed by atoms with Gasteiger partial charge in [0, 0.05) is 13.2 Å². The first-order chi connectivity index (χ1) is 3.22. The molecular weight excluding hydrogens is 94.0 g/mol. The zero-order chi connectivity index (χ0) is 5.44. The molecule has 0 saturated heterocycles. The molecule has 0 saturated carbocycles. The number of carbonyl (C=O) groups is 1. The predicted molar refractivity (Wildman–Crippen MR) is 23.5 cm³/mol. The molecule has 0 aromatic rings. The lowest BCUT2D eigenvalue weighted by molar-refractivity contribution is -0.132. The second-order valence-electron chi connectivity index (χ2n) is 1.43. The van der Waals surface area contributed by atoms with E-state index in [-0.39, 0.29) is 0 Å². The lowest BCUT2D eigenvalue weighted by atomic mass is 10.6. The van der Waals surface area contributed by atoms with Crippen LogP contribution < -0.4 is 0 Å². The normalized spacial score (nSPS) is 16.1. The molecule has 0 unspecified atom stereocenters. The van der Waals surface area contributed by atoms with Gasteiger partial charge in [0.05, 0.1) is 0 Å². The molecule has 1 rings (SSSR count). The van der Waals surface area contributed by atoms with E-state index in [0.717, 1.165) is 0 Å². The first-order valence-corrected chi connectivity index (χ1v) is 1.90. The van der Waals surface area contributed by atoms with Crippen LogP contribution >= 0.6 is 0 Å². The number of rotatable bonds is 1. The van der Waals surface area contributed by atoms with Crippen LogP contribution in [0.5, 0.6) is 0 Å². The molecule has 7 heavy (non-hydrogen) atoms. The molecule has 0 atom stereocenters. The van der Waals surface area contributed by atoms with Crippen LogP contribution in [0.3, 0.4) is 0 Å². The second kappa shape index (κ2) is 0.992. The third-order valence-electron chi connectivity index (χ3n) is 0.847. The fraction of sp³-hybridized carbons (Fsp3) is 0.250. The van der Waals surface area contributed by atoms with Gasteiger partial charge in [-0.25, -0.2) is 4.79 Å². The maximum absolute atomic E-state index is 9.86. The molecule has 1 heterocycles. The number of carboxylic acids is 1. The molecule has 3 nitrogen and oxygen atoms in total. The van der Waals surface area contributed by atoms with E-state index in [1.807, 2.05) is 0 Å². The third kappa shape index (κ3) is 0.559. The van der Waals surface area contributed by atoms with E-state index in [1.54, 1.807) is 18.1 Å². The quantitative estimate of drug-likeness (QED) is 0.497. The Morgan fingerprint density at radius 2 is 2.43 bits per heavy atom. The average Bonchev–Trinajstić information content (AvgIpc) is 2.17. The van der Waals surface area contributed by atoms with Crippen molar-refractivity contribution in [1.29, 1.82) is 0 Å². The Labute approximate surface area is 40.9 Å². The minimum atomic E-state index is -0.845. The summed E-state index contributed by atoms with van der Waals surface area (Å²) in [4.78, 5) is 11.4. The fourth-order valence-corrected chi connectivity index (χ4v) is 0.361. The summed E-state index contributed by atoms with van der Waals surface area (Å²) in [6, 6.07) is 0. The molecular formula is C4H5NO2. The molecule has 0 bridgehead atoms.